The Morgan fingerprint density at radius 2 is 1.83 bits per heavy atom. The van der Waals surface area contributed by atoms with Crippen molar-refractivity contribution in [3.63, 3.8) is 0 Å². The van der Waals surface area contributed by atoms with E-state index in [0.717, 1.165) is 26.8 Å². The van der Waals surface area contributed by atoms with Crippen LogP contribution in [-0.4, -0.2) is 15.7 Å². The van der Waals surface area contributed by atoms with E-state index in [2.05, 4.69) is 45.4 Å². The lowest BCUT2D eigenvalue weighted by Crippen LogP contribution is -2.27. The van der Waals surface area contributed by atoms with Crippen LogP contribution in [0.5, 0.6) is 0 Å². The summed E-state index contributed by atoms with van der Waals surface area (Å²) < 4.78 is 2.37. The highest BCUT2D eigenvalue weighted by Gasteiger charge is 2.25. The molecule has 0 spiro atoms. The van der Waals surface area contributed by atoms with Crippen LogP contribution in [-0.2, 0) is 0 Å². The van der Waals surface area contributed by atoms with E-state index in [4.69, 9.17) is 0 Å². The molecule has 5 heteroatoms. The van der Waals surface area contributed by atoms with Crippen LogP contribution in [0.3, 0.4) is 0 Å². The predicted octanol–water partition coefficient (Wildman–Crippen LogP) is 5.54. The number of carbonyl (C=O) groups excluding carboxylic acids is 1. The summed E-state index contributed by atoms with van der Waals surface area (Å²) in [4.78, 5) is 12.5. The van der Waals surface area contributed by atoms with Gasteiger partial charge in [0.05, 0.1) is 17.4 Å². The van der Waals surface area contributed by atoms with Gasteiger partial charge in [0.1, 0.15) is 0 Å². The van der Waals surface area contributed by atoms with Crippen molar-refractivity contribution in [2.45, 2.75) is 27.7 Å². The minimum absolute atomic E-state index is 0.0244. The Kier molecular flexibility index (Phi) is 4.22. The Bertz CT molecular complexity index is 905. The summed E-state index contributed by atoms with van der Waals surface area (Å²) in [6.07, 6.45) is 1.73. The fourth-order valence-electron chi connectivity index (χ4n) is 2.42. The van der Waals surface area contributed by atoms with E-state index >= 15 is 0 Å². The quantitative estimate of drug-likeness (QED) is 0.629. The molecule has 0 fully saturated rings. The number of benzene rings is 2. The van der Waals surface area contributed by atoms with Gasteiger partial charge in [-0.2, -0.15) is 9.78 Å². The highest BCUT2D eigenvalue weighted by atomic mass is 79.9. The van der Waals surface area contributed by atoms with E-state index in [0.29, 0.717) is 0 Å². The van der Waals surface area contributed by atoms with E-state index in [1.54, 1.807) is 6.20 Å². The summed E-state index contributed by atoms with van der Waals surface area (Å²) in [6, 6.07) is 12.1. The molecule has 3 rings (SSSR count). The molecule has 0 aliphatic rings. The number of rotatable bonds is 2. The number of halogens is 1. The number of aromatic nitrogens is 2. The Morgan fingerprint density at radius 3 is 2.46 bits per heavy atom. The Hall–Kier alpha value is -2.14. The van der Waals surface area contributed by atoms with Gasteiger partial charge in [-0.05, 0) is 47.1 Å². The average Bonchev–Trinajstić information content (AvgIpc) is 2.90. The molecule has 1 aromatic heterocycles. The molecular formula is C19H20BrN3O. The van der Waals surface area contributed by atoms with Crippen molar-refractivity contribution in [1.82, 2.24) is 9.78 Å². The molecule has 2 aromatic carbocycles. The largest absolute Gasteiger partial charge is 0.355 e. The van der Waals surface area contributed by atoms with Gasteiger partial charge in [-0.1, -0.05) is 38.5 Å². The van der Waals surface area contributed by atoms with E-state index in [9.17, 15) is 4.79 Å². The maximum Gasteiger partial charge on any atom is 0.252 e. The van der Waals surface area contributed by atoms with Gasteiger partial charge in [-0.15, -0.1) is 0 Å². The maximum absolute atomic E-state index is 12.5. The molecule has 0 bridgehead atoms. The van der Waals surface area contributed by atoms with Crippen molar-refractivity contribution in [1.29, 1.82) is 0 Å². The van der Waals surface area contributed by atoms with Crippen LogP contribution in [0.2, 0.25) is 0 Å². The van der Waals surface area contributed by atoms with Gasteiger partial charge in [0, 0.05) is 21.0 Å². The number of carbonyl (C=O) groups is 1. The smallest absolute Gasteiger partial charge is 0.252 e. The second-order valence-corrected chi connectivity index (χ2v) is 7.85. The molecule has 1 N–H and O–H groups in total. The highest BCUT2D eigenvalue weighted by molar-refractivity contribution is 9.10. The van der Waals surface area contributed by atoms with Gasteiger partial charge in [0.25, 0.3) is 5.91 Å². The van der Waals surface area contributed by atoms with Crippen molar-refractivity contribution in [2.75, 3.05) is 5.32 Å². The number of anilines is 2. The van der Waals surface area contributed by atoms with Crippen LogP contribution < -0.4 is 5.32 Å². The lowest BCUT2D eigenvalue weighted by atomic mass is 9.96. The van der Waals surface area contributed by atoms with Crippen molar-refractivity contribution < 1.29 is 4.79 Å². The molecule has 0 aliphatic carbocycles. The topological polar surface area (TPSA) is 46.9 Å². The Balaban J connectivity index is 2.00. The number of aryl methyl sites for hydroxylation is 1. The summed E-state index contributed by atoms with van der Waals surface area (Å²) in [5.41, 5.74) is 3.49. The summed E-state index contributed by atoms with van der Waals surface area (Å²) >= 11 is 3.59. The van der Waals surface area contributed by atoms with Crippen LogP contribution in [0, 0.1) is 12.3 Å². The first-order valence-corrected chi connectivity index (χ1v) is 8.61. The zero-order valence-electron chi connectivity index (χ0n) is 14.2. The predicted molar refractivity (Wildman–Crippen MR) is 102 cm³/mol. The molecule has 0 saturated carbocycles. The molecule has 0 aliphatic heterocycles. The number of nitrogens with zero attached hydrogens (tertiary/aromatic N) is 2. The Morgan fingerprint density at radius 1 is 1.17 bits per heavy atom. The van der Waals surface area contributed by atoms with Crippen LogP contribution in [0.1, 0.15) is 31.1 Å². The second kappa shape index (κ2) is 6.06. The van der Waals surface area contributed by atoms with Crippen LogP contribution in [0.15, 0.2) is 47.1 Å². The first-order chi connectivity index (χ1) is 11.3. The molecule has 0 atom stereocenters. The van der Waals surface area contributed by atoms with Gasteiger partial charge < -0.3 is 5.32 Å². The monoisotopic (exact) mass is 385 g/mol. The van der Waals surface area contributed by atoms with Gasteiger partial charge in [0.2, 0.25) is 0 Å². The molecule has 0 unspecified atom stereocenters. The SMILES string of the molecule is Cc1ccc(Nc2cc3cnn(C(=O)C(C)(C)C)c3cc2Br)cc1. The fourth-order valence-corrected chi connectivity index (χ4v) is 2.85. The summed E-state index contributed by atoms with van der Waals surface area (Å²) in [6.45, 7) is 7.74. The molecule has 3 aromatic rings. The average molecular weight is 386 g/mol. The second-order valence-electron chi connectivity index (χ2n) is 6.99. The van der Waals surface area contributed by atoms with Crippen molar-refractivity contribution >= 4 is 44.1 Å². The zero-order valence-corrected chi connectivity index (χ0v) is 15.8. The molecule has 0 amide bonds. The van der Waals surface area contributed by atoms with Crippen molar-refractivity contribution in [3.05, 3.63) is 52.6 Å². The zero-order chi connectivity index (χ0) is 17.5. The first-order valence-electron chi connectivity index (χ1n) is 7.81. The third-order valence-electron chi connectivity index (χ3n) is 3.82. The van der Waals surface area contributed by atoms with Crippen LogP contribution >= 0.6 is 15.9 Å². The highest BCUT2D eigenvalue weighted by Crippen LogP contribution is 2.32. The van der Waals surface area contributed by atoms with E-state index in [-0.39, 0.29) is 5.91 Å². The molecule has 0 radical (unpaired) electrons. The van der Waals surface area contributed by atoms with Crippen molar-refractivity contribution in [2.24, 2.45) is 5.41 Å². The number of fused-ring (bicyclic) bond motifs is 1. The van der Waals surface area contributed by atoms with Crippen LogP contribution in [0.4, 0.5) is 11.4 Å². The number of hydrogen-bond donors (Lipinski definition) is 1. The van der Waals surface area contributed by atoms with Gasteiger partial charge >= 0.3 is 0 Å². The van der Waals surface area contributed by atoms with E-state index < -0.39 is 5.41 Å². The summed E-state index contributed by atoms with van der Waals surface area (Å²) in [7, 11) is 0. The van der Waals surface area contributed by atoms with Gasteiger partial charge in [-0.25, -0.2) is 0 Å². The van der Waals surface area contributed by atoms with Gasteiger partial charge in [0.15, 0.2) is 0 Å². The maximum atomic E-state index is 12.5. The van der Waals surface area contributed by atoms with Gasteiger partial charge in [-0.3, -0.25) is 4.79 Å². The van der Waals surface area contributed by atoms with E-state index in [1.165, 1.54) is 10.2 Å². The fraction of sp³-hybridized carbons (Fsp3) is 0.263. The molecular weight excluding hydrogens is 366 g/mol. The molecule has 1 heterocycles. The Labute approximate surface area is 150 Å². The lowest BCUT2D eigenvalue weighted by molar-refractivity contribution is 0.0755. The molecule has 0 saturated heterocycles. The van der Waals surface area contributed by atoms with Crippen molar-refractivity contribution in [3.8, 4) is 0 Å². The van der Waals surface area contributed by atoms with Crippen LogP contribution in [0.25, 0.3) is 10.9 Å². The van der Waals surface area contributed by atoms with E-state index in [1.807, 2.05) is 45.0 Å². The minimum Gasteiger partial charge on any atom is -0.355 e. The first kappa shape index (κ1) is 16.7. The molecule has 4 nitrogen and oxygen atoms in total. The summed E-state index contributed by atoms with van der Waals surface area (Å²) in [5.74, 6) is -0.0244. The molecule has 124 valence electrons. The third-order valence-corrected chi connectivity index (χ3v) is 4.48. The summed E-state index contributed by atoms with van der Waals surface area (Å²) in [5, 5.41) is 8.59. The number of nitrogens with one attached hydrogen (secondary N) is 1. The number of hydrogen-bond acceptors (Lipinski definition) is 3. The third kappa shape index (κ3) is 3.22. The lowest BCUT2D eigenvalue weighted by Gasteiger charge is -2.17. The molecule has 24 heavy (non-hydrogen) atoms. The minimum atomic E-state index is -0.482. The normalized spacial score (nSPS) is 11.7. The standard InChI is InChI=1S/C19H20BrN3O/c1-12-5-7-14(8-6-12)22-16-9-13-11-21-23(17(13)10-15(16)20)18(24)19(2,3)4/h5-11,22H,1-4H3.